The third-order valence-electron chi connectivity index (χ3n) is 6.19. The Balaban J connectivity index is 1.70. The molecule has 1 amide bonds. The number of anilines is 1. The second-order valence-electron chi connectivity index (χ2n) is 8.38. The van der Waals surface area contributed by atoms with E-state index < -0.39 is 5.82 Å². The fourth-order valence-corrected chi connectivity index (χ4v) is 4.87. The van der Waals surface area contributed by atoms with Gasteiger partial charge in [0.25, 0.3) is 0 Å². The minimum absolute atomic E-state index is 0.0645. The van der Waals surface area contributed by atoms with E-state index in [2.05, 4.69) is 37.2 Å². The lowest BCUT2D eigenvalue weighted by Gasteiger charge is -2.47. The molecule has 2 aromatic heterocycles. The van der Waals surface area contributed by atoms with E-state index >= 15 is 0 Å². The van der Waals surface area contributed by atoms with Crippen LogP contribution in [0, 0.1) is 23.6 Å². The fraction of sp³-hybridized carbons (Fsp3) is 0.476. The molecule has 2 bridgehead atoms. The largest absolute Gasteiger partial charge is 0.369 e. The summed E-state index contributed by atoms with van der Waals surface area (Å²) < 4.78 is 14.6. The summed E-state index contributed by atoms with van der Waals surface area (Å²) in [6.45, 7) is 7.44. The number of halogens is 1. The van der Waals surface area contributed by atoms with Gasteiger partial charge in [0.05, 0.1) is 12.1 Å². The highest BCUT2D eigenvalue weighted by atomic mass is 19.1. The lowest BCUT2D eigenvalue weighted by molar-refractivity contribution is -0.127. The molecular formula is C21H26FN7O. The van der Waals surface area contributed by atoms with Crippen LogP contribution in [0.2, 0.25) is 0 Å². The van der Waals surface area contributed by atoms with Gasteiger partial charge >= 0.3 is 0 Å². The molecule has 2 atom stereocenters. The number of nitrogens with zero attached hydrogens (tertiary/aromatic N) is 4. The maximum Gasteiger partial charge on any atom is 0.222 e. The Morgan fingerprint density at radius 1 is 1.33 bits per heavy atom. The van der Waals surface area contributed by atoms with Gasteiger partial charge in [0.1, 0.15) is 5.69 Å². The van der Waals surface area contributed by atoms with E-state index in [1.807, 2.05) is 19.9 Å². The van der Waals surface area contributed by atoms with Crippen molar-refractivity contribution in [3.8, 4) is 11.5 Å². The van der Waals surface area contributed by atoms with E-state index in [0.29, 0.717) is 17.1 Å². The summed E-state index contributed by atoms with van der Waals surface area (Å²) in [6, 6.07) is -0.225. The minimum Gasteiger partial charge on any atom is -0.369 e. The van der Waals surface area contributed by atoms with Gasteiger partial charge in [-0.05, 0) is 58.1 Å². The van der Waals surface area contributed by atoms with Crippen LogP contribution in [0.3, 0.4) is 0 Å². The second-order valence-corrected chi connectivity index (χ2v) is 8.38. The standard InChI is InChI=1S/C21H26FN7O/c1-10(2)8-13-17(28-29-19(13)24-3)21-25-9-14(22)20(27-21)26-16-12-6-4-11(5-7-12)15(16)18(23)30/h8-9,11-12,15-16H,3-7H2,1-2H3,(H2,23,30)(H,28,29)(H,25,26,27). The normalized spacial score (nSPS) is 25.0. The van der Waals surface area contributed by atoms with Gasteiger partial charge in [0.2, 0.25) is 5.91 Å². The zero-order valence-corrected chi connectivity index (χ0v) is 17.2. The summed E-state index contributed by atoms with van der Waals surface area (Å²) in [4.78, 5) is 24.6. The van der Waals surface area contributed by atoms with Gasteiger partial charge in [-0.1, -0.05) is 11.6 Å². The average molecular weight is 411 g/mol. The summed E-state index contributed by atoms with van der Waals surface area (Å²) in [5.41, 5.74) is 7.95. The third kappa shape index (κ3) is 3.59. The maximum absolute atomic E-state index is 14.6. The predicted octanol–water partition coefficient (Wildman–Crippen LogP) is 3.46. The van der Waals surface area contributed by atoms with Crippen molar-refractivity contribution < 1.29 is 9.18 Å². The second kappa shape index (κ2) is 7.97. The number of nitrogens with two attached hydrogens (primary N) is 1. The smallest absolute Gasteiger partial charge is 0.222 e. The molecule has 0 radical (unpaired) electrons. The zero-order valence-electron chi connectivity index (χ0n) is 17.2. The number of fused-ring (bicyclic) bond motifs is 3. The lowest BCUT2D eigenvalue weighted by atomic mass is 9.61. The topological polar surface area (TPSA) is 122 Å². The number of primary amides is 1. The fourth-order valence-electron chi connectivity index (χ4n) is 4.87. The first kappa shape index (κ1) is 20.2. The van der Waals surface area contributed by atoms with Crippen molar-refractivity contribution in [2.45, 2.75) is 45.6 Å². The molecule has 0 saturated heterocycles. The molecule has 2 aromatic rings. The molecule has 4 N–H and O–H groups in total. The molecule has 3 saturated carbocycles. The number of aromatic nitrogens is 4. The highest BCUT2D eigenvalue weighted by molar-refractivity contribution is 5.79. The summed E-state index contributed by atoms with van der Waals surface area (Å²) in [5.74, 6) is 0.0570. The van der Waals surface area contributed by atoms with Crippen LogP contribution in [-0.2, 0) is 4.79 Å². The van der Waals surface area contributed by atoms with Gasteiger partial charge < -0.3 is 11.1 Å². The van der Waals surface area contributed by atoms with E-state index in [0.717, 1.165) is 37.5 Å². The predicted molar refractivity (Wildman–Crippen MR) is 114 cm³/mol. The van der Waals surface area contributed by atoms with Gasteiger partial charge in [-0.3, -0.25) is 9.89 Å². The first-order valence-corrected chi connectivity index (χ1v) is 10.2. The third-order valence-corrected chi connectivity index (χ3v) is 6.19. The molecule has 0 aliphatic heterocycles. The molecule has 0 spiro atoms. The van der Waals surface area contributed by atoms with Gasteiger partial charge in [0.15, 0.2) is 23.3 Å². The number of allylic oxidation sites excluding steroid dienone is 1. The molecule has 2 heterocycles. The van der Waals surface area contributed by atoms with Gasteiger partial charge in [-0.25, -0.2) is 19.4 Å². The van der Waals surface area contributed by atoms with Crippen LogP contribution in [0.5, 0.6) is 0 Å². The Hall–Kier alpha value is -3.10. The Kier molecular flexibility index (Phi) is 5.36. The molecule has 2 unspecified atom stereocenters. The maximum atomic E-state index is 14.6. The average Bonchev–Trinajstić information content (AvgIpc) is 3.12. The van der Waals surface area contributed by atoms with E-state index in [1.165, 1.54) is 0 Å². The Morgan fingerprint density at radius 3 is 2.67 bits per heavy atom. The van der Waals surface area contributed by atoms with Crippen LogP contribution in [0.1, 0.15) is 45.1 Å². The van der Waals surface area contributed by atoms with Crippen molar-refractivity contribution in [2.24, 2.45) is 28.5 Å². The Labute approximate surface area is 174 Å². The molecule has 3 aliphatic rings. The van der Waals surface area contributed by atoms with Crippen molar-refractivity contribution in [2.75, 3.05) is 5.32 Å². The molecule has 0 aromatic carbocycles. The SMILES string of the molecule is C=Nc1n[nH]c(-c2ncc(F)c(NC3C4CCC(CC4)C3C(N)=O)n2)c1C=C(C)C. The molecule has 9 heteroatoms. The molecule has 3 fully saturated rings. The molecule has 30 heavy (non-hydrogen) atoms. The van der Waals surface area contributed by atoms with E-state index in [-0.39, 0.29) is 41.3 Å². The first-order valence-electron chi connectivity index (χ1n) is 10.2. The van der Waals surface area contributed by atoms with E-state index in [1.54, 1.807) is 0 Å². The van der Waals surface area contributed by atoms with E-state index in [4.69, 9.17) is 5.73 Å². The molecule has 8 nitrogen and oxygen atoms in total. The number of hydrogen-bond donors (Lipinski definition) is 3. The van der Waals surface area contributed by atoms with Crippen molar-refractivity contribution in [3.05, 3.63) is 23.2 Å². The first-order chi connectivity index (χ1) is 14.4. The summed E-state index contributed by atoms with van der Waals surface area (Å²) in [6.07, 6.45) is 7.01. The number of rotatable bonds is 6. The van der Waals surface area contributed by atoms with Crippen molar-refractivity contribution in [3.63, 3.8) is 0 Å². The van der Waals surface area contributed by atoms with Crippen LogP contribution in [0.15, 0.2) is 16.8 Å². The zero-order chi connectivity index (χ0) is 21.4. The highest BCUT2D eigenvalue weighted by Crippen LogP contribution is 2.46. The lowest BCUT2D eigenvalue weighted by Crippen LogP contribution is -2.53. The molecule has 5 rings (SSSR count). The number of H-pyrrole nitrogens is 1. The Bertz CT molecular complexity index is 1000. The molecule has 158 valence electrons. The quantitative estimate of drug-likeness (QED) is 0.628. The Morgan fingerprint density at radius 2 is 2.03 bits per heavy atom. The van der Waals surface area contributed by atoms with Crippen molar-refractivity contribution in [1.82, 2.24) is 20.2 Å². The van der Waals surface area contributed by atoms with Gasteiger partial charge in [0, 0.05) is 11.6 Å². The van der Waals surface area contributed by atoms with Crippen LogP contribution in [-0.4, -0.2) is 38.8 Å². The molecule has 3 aliphatic carbocycles. The van der Waals surface area contributed by atoms with Gasteiger partial charge in [-0.2, -0.15) is 5.10 Å². The highest BCUT2D eigenvalue weighted by Gasteiger charge is 2.46. The van der Waals surface area contributed by atoms with Crippen LogP contribution < -0.4 is 11.1 Å². The number of carbonyl (C=O) groups excluding carboxylic acids is 1. The summed E-state index contributed by atoms with van der Waals surface area (Å²) in [5, 5.41) is 10.2. The van der Waals surface area contributed by atoms with Crippen LogP contribution in [0.4, 0.5) is 16.0 Å². The summed E-state index contributed by atoms with van der Waals surface area (Å²) >= 11 is 0. The number of aliphatic imine (C=N–C) groups is 1. The number of nitrogens with one attached hydrogen (secondary N) is 2. The number of carbonyl (C=O) groups is 1. The van der Waals surface area contributed by atoms with Crippen molar-refractivity contribution in [1.29, 1.82) is 0 Å². The summed E-state index contributed by atoms with van der Waals surface area (Å²) in [7, 11) is 0. The van der Waals surface area contributed by atoms with Crippen LogP contribution in [0.25, 0.3) is 17.6 Å². The van der Waals surface area contributed by atoms with Crippen molar-refractivity contribution >= 4 is 30.3 Å². The molecular weight excluding hydrogens is 385 g/mol. The van der Waals surface area contributed by atoms with Crippen LogP contribution >= 0.6 is 0 Å². The number of aromatic amines is 1. The number of amides is 1. The minimum atomic E-state index is -0.575. The van der Waals surface area contributed by atoms with Gasteiger partial charge in [-0.15, -0.1) is 0 Å². The number of hydrogen-bond acceptors (Lipinski definition) is 6. The van der Waals surface area contributed by atoms with E-state index in [9.17, 15) is 9.18 Å². The monoisotopic (exact) mass is 411 g/mol.